The summed E-state index contributed by atoms with van der Waals surface area (Å²) >= 11 is 5.99. The molecule has 1 aromatic heterocycles. The predicted molar refractivity (Wildman–Crippen MR) is 81.2 cm³/mol. The van der Waals surface area contributed by atoms with E-state index in [9.17, 15) is 5.26 Å². The highest BCUT2D eigenvalue weighted by Crippen LogP contribution is 2.29. The molecule has 0 atom stereocenters. The number of benzene rings is 2. The van der Waals surface area contributed by atoms with Gasteiger partial charge in [-0.05, 0) is 24.3 Å². The van der Waals surface area contributed by atoms with Crippen LogP contribution in [-0.2, 0) is 0 Å². The summed E-state index contributed by atoms with van der Waals surface area (Å²) in [7, 11) is 0. The van der Waals surface area contributed by atoms with Crippen molar-refractivity contribution in [1.29, 1.82) is 5.26 Å². The second-order valence-electron chi connectivity index (χ2n) is 4.31. The molecular formula is C16H10ClN3. The molecule has 1 heterocycles. The number of para-hydroxylation sites is 1. The van der Waals surface area contributed by atoms with E-state index in [0.717, 1.165) is 22.3 Å². The minimum Gasteiger partial charge on any atom is -0.354 e. The number of nitrogens with zero attached hydrogens (tertiary/aromatic N) is 2. The van der Waals surface area contributed by atoms with Gasteiger partial charge in [-0.15, -0.1) is 0 Å². The Balaban J connectivity index is 2.17. The van der Waals surface area contributed by atoms with E-state index in [1.54, 1.807) is 6.20 Å². The number of hydrogen-bond donors (Lipinski definition) is 1. The van der Waals surface area contributed by atoms with Gasteiger partial charge in [-0.3, -0.25) is 4.98 Å². The molecule has 0 aliphatic carbocycles. The highest BCUT2D eigenvalue weighted by atomic mass is 35.5. The zero-order valence-corrected chi connectivity index (χ0v) is 11.2. The minimum absolute atomic E-state index is 0.503. The number of nitriles is 1. The smallest absolute Gasteiger partial charge is 0.103 e. The van der Waals surface area contributed by atoms with Gasteiger partial charge in [0.05, 0.1) is 16.8 Å². The van der Waals surface area contributed by atoms with Crippen LogP contribution in [0.25, 0.3) is 10.9 Å². The zero-order valence-electron chi connectivity index (χ0n) is 10.5. The Bertz CT molecular complexity index is 821. The summed E-state index contributed by atoms with van der Waals surface area (Å²) in [5, 5.41) is 14.1. The predicted octanol–water partition coefficient (Wildman–Crippen LogP) is 4.50. The van der Waals surface area contributed by atoms with Gasteiger partial charge in [0.1, 0.15) is 6.07 Å². The van der Waals surface area contributed by atoms with Crippen LogP contribution in [0.4, 0.5) is 11.4 Å². The average Bonchev–Trinajstić information content (AvgIpc) is 2.48. The molecule has 0 radical (unpaired) electrons. The maximum atomic E-state index is 9.25. The lowest BCUT2D eigenvalue weighted by molar-refractivity contribution is 1.36. The van der Waals surface area contributed by atoms with Crippen LogP contribution in [0.15, 0.2) is 54.7 Å². The standard InChI is InChI=1S/C16H10ClN3/c17-12-4-3-5-13(8-12)20-16-11(9-18)10-19-15-7-2-1-6-14(15)16/h1-8,10H,(H,19,20). The van der Waals surface area contributed by atoms with Crippen LogP contribution in [-0.4, -0.2) is 4.98 Å². The molecule has 2 aromatic carbocycles. The third kappa shape index (κ3) is 2.29. The minimum atomic E-state index is 0.503. The van der Waals surface area contributed by atoms with E-state index in [2.05, 4.69) is 16.4 Å². The van der Waals surface area contributed by atoms with Gasteiger partial charge >= 0.3 is 0 Å². The Morgan fingerprint density at radius 1 is 1.10 bits per heavy atom. The highest BCUT2D eigenvalue weighted by Gasteiger charge is 2.08. The van der Waals surface area contributed by atoms with Crippen LogP contribution in [0.5, 0.6) is 0 Å². The van der Waals surface area contributed by atoms with Crippen molar-refractivity contribution in [2.24, 2.45) is 0 Å². The van der Waals surface area contributed by atoms with Crippen LogP contribution in [0, 0.1) is 11.3 Å². The molecule has 3 nitrogen and oxygen atoms in total. The summed E-state index contributed by atoms with van der Waals surface area (Å²) in [6.07, 6.45) is 1.58. The molecule has 96 valence electrons. The third-order valence-electron chi connectivity index (χ3n) is 2.99. The molecule has 0 amide bonds. The number of rotatable bonds is 2. The molecule has 0 aliphatic heterocycles. The van der Waals surface area contributed by atoms with E-state index < -0.39 is 0 Å². The first-order valence-corrected chi connectivity index (χ1v) is 6.46. The number of fused-ring (bicyclic) bond motifs is 1. The fourth-order valence-electron chi connectivity index (χ4n) is 2.07. The molecule has 0 saturated carbocycles. The lowest BCUT2D eigenvalue weighted by atomic mass is 10.1. The van der Waals surface area contributed by atoms with Crippen molar-refractivity contribution >= 4 is 33.9 Å². The fraction of sp³-hybridized carbons (Fsp3) is 0. The second kappa shape index (κ2) is 5.20. The summed E-state index contributed by atoms with van der Waals surface area (Å²) < 4.78 is 0. The molecule has 0 unspecified atom stereocenters. The molecule has 0 bridgehead atoms. The summed E-state index contributed by atoms with van der Waals surface area (Å²) in [6.45, 7) is 0. The van der Waals surface area contributed by atoms with Crippen molar-refractivity contribution in [3.05, 3.63) is 65.3 Å². The topological polar surface area (TPSA) is 48.7 Å². The van der Waals surface area contributed by atoms with Crippen molar-refractivity contribution in [3.8, 4) is 6.07 Å². The highest BCUT2D eigenvalue weighted by molar-refractivity contribution is 6.30. The maximum absolute atomic E-state index is 9.25. The van der Waals surface area contributed by atoms with Crippen molar-refractivity contribution in [2.75, 3.05) is 5.32 Å². The monoisotopic (exact) mass is 279 g/mol. The molecule has 1 N–H and O–H groups in total. The lowest BCUT2D eigenvalue weighted by Gasteiger charge is -2.11. The Kier molecular flexibility index (Phi) is 3.24. The summed E-state index contributed by atoms with van der Waals surface area (Å²) in [5.41, 5.74) is 2.94. The molecule has 4 heteroatoms. The third-order valence-corrected chi connectivity index (χ3v) is 3.22. The summed E-state index contributed by atoms with van der Waals surface area (Å²) in [4.78, 5) is 4.28. The Morgan fingerprint density at radius 3 is 2.75 bits per heavy atom. The first-order chi connectivity index (χ1) is 9.78. The average molecular weight is 280 g/mol. The van der Waals surface area contributed by atoms with Crippen LogP contribution in [0.1, 0.15) is 5.56 Å². The van der Waals surface area contributed by atoms with Crippen LogP contribution in [0.3, 0.4) is 0 Å². The van der Waals surface area contributed by atoms with E-state index in [1.807, 2.05) is 48.5 Å². The fourth-order valence-corrected chi connectivity index (χ4v) is 2.26. The normalized spacial score (nSPS) is 10.2. The zero-order chi connectivity index (χ0) is 13.9. The Morgan fingerprint density at radius 2 is 1.95 bits per heavy atom. The number of hydrogen-bond acceptors (Lipinski definition) is 3. The van der Waals surface area contributed by atoms with E-state index >= 15 is 0 Å². The number of anilines is 2. The Hall–Kier alpha value is -2.57. The molecule has 0 saturated heterocycles. The van der Waals surface area contributed by atoms with Gasteiger partial charge in [-0.25, -0.2) is 0 Å². The van der Waals surface area contributed by atoms with E-state index in [4.69, 9.17) is 11.6 Å². The largest absolute Gasteiger partial charge is 0.354 e. The SMILES string of the molecule is N#Cc1cnc2ccccc2c1Nc1cccc(Cl)c1. The van der Waals surface area contributed by atoms with Crippen LogP contribution in [0.2, 0.25) is 5.02 Å². The van der Waals surface area contributed by atoms with Gasteiger partial charge in [-0.1, -0.05) is 35.9 Å². The molecule has 0 aliphatic rings. The molecule has 0 fully saturated rings. The van der Waals surface area contributed by atoms with Crippen molar-refractivity contribution in [1.82, 2.24) is 4.98 Å². The van der Waals surface area contributed by atoms with Gasteiger partial charge in [0, 0.05) is 22.3 Å². The molecule has 20 heavy (non-hydrogen) atoms. The van der Waals surface area contributed by atoms with Gasteiger partial charge in [-0.2, -0.15) is 5.26 Å². The number of halogens is 1. The van der Waals surface area contributed by atoms with Gasteiger partial charge < -0.3 is 5.32 Å². The van der Waals surface area contributed by atoms with Gasteiger partial charge in [0.2, 0.25) is 0 Å². The number of aromatic nitrogens is 1. The van der Waals surface area contributed by atoms with Gasteiger partial charge in [0.15, 0.2) is 0 Å². The first kappa shape index (κ1) is 12.5. The van der Waals surface area contributed by atoms with Crippen molar-refractivity contribution in [3.63, 3.8) is 0 Å². The lowest BCUT2D eigenvalue weighted by Crippen LogP contribution is -1.96. The molecule has 3 aromatic rings. The number of nitrogens with one attached hydrogen (secondary N) is 1. The summed E-state index contributed by atoms with van der Waals surface area (Å²) in [6, 6.07) is 17.3. The van der Waals surface area contributed by atoms with E-state index in [1.165, 1.54) is 0 Å². The molecular weight excluding hydrogens is 270 g/mol. The van der Waals surface area contributed by atoms with Crippen molar-refractivity contribution in [2.45, 2.75) is 0 Å². The molecule has 3 rings (SSSR count). The van der Waals surface area contributed by atoms with E-state index in [-0.39, 0.29) is 0 Å². The van der Waals surface area contributed by atoms with Gasteiger partial charge in [0.25, 0.3) is 0 Å². The summed E-state index contributed by atoms with van der Waals surface area (Å²) in [5.74, 6) is 0. The van der Waals surface area contributed by atoms with Crippen LogP contribution >= 0.6 is 11.6 Å². The first-order valence-electron chi connectivity index (χ1n) is 6.08. The molecule has 0 spiro atoms. The number of pyridine rings is 1. The van der Waals surface area contributed by atoms with Crippen LogP contribution < -0.4 is 5.32 Å². The van der Waals surface area contributed by atoms with E-state index in [0.29, 0.717) is 10.6 Å². The van der Waals surface area contributed by atoms with Crippen molar-refractivity contribution < 1.29 is 0 Å². The quantitative estimate of drug-likeness (QED) is 0.751. The second-order valence-corrected chi connectivity index (χ2v) is 4.75. The Labute approximate surface area is 121 Å². The maximum Gasteiger partial charge on any atom is 0.103 e.